The summed E-state index contributed by atoms with van der Waals surface area (Å²) in [5.74, 6) is 0.746. The molecular weight excluding hydrogens is 404 g/mol. The standard InChI is InChI=1S/C22H23BrN2O2/c1-27-12-11-24-22(26)15-7-10-20-19(13-15)17-3-2-4-18(17)21(25-20)14-5-8-16(23)9-6-14/h2-3,5-10,13,17-18,21,25H,4,11-12H2,1H3,(H,24,26)/t17-,18-,21+/m1/s1. The fourth-order valence-corrected chi connectivity index (χ4v) is 4.37. The minimum atomic E-state index is -0.0524. The number of carbonyl (C=O) groups excluding carboxylic acids is 1. The number of fused-ring (bicyclic) bond motifs is 3. The van der Waals surface area contributed by atoms with Gasteiger partial charge < -0.3 is 15.4 Å². The molecule has 140 valence electrons. The van der Waals surface area contributed by atoms with E-state index >= 15 is 0 Å². The summed E-state index contributed by atoms with van der Waals surface area (Å²) in [5.41, 5.74) is 4.32. The average Bonchev–Trinajstić information content (AvgIpc) is 3.18. The van der Waals surface area contributed by atoms with Crippen molar-refractivity contribution in [2.45, 2.75) is 18.4 Å². The Kier molecular flexibility index (Phi) is 5.32. The van der Waals surface area contributed by atoms with Crippen LogP contribution < -0.4 is 10.6 Å². The van der Waals surface area contributed by atoms with E-state index in [0.29, 0.717) is 30.6 Å². The molecule has 4 nitrogen and oxygen atoms in total. The Morgan fingerprint density at radius 2 is 2.07 bits per heavy atom. The zero-order chi connectivity index (χ0) is 18.8. The first-order valence-corrected chi connectivity index (χ1v) is 10.1. The lowest BCUT2D eigenvalue weighted by molar-refractivity contribution is 0.0937. The lowest BCUT2D eigenvalue weighted by Crippen LogP contribution is -2.30. The number of methoxy groups -OCH3 is 1. The van der Waals surface area contributed by atoms with Crippen LogP contribution in [0.15, 0.2) is 59.1 Å². The van der Waals surface area contributed by atoms with Crippen molar-refractivity contribution in [2.75, 3.05) is 25.6 Å². The van der Waals surface area contributed by atoms with Crippen LogP contribution in [0.25, 0.3) is 0 Å². The van der Waals surface area contributed by atoms with Gasteiger partial charge in [0.2, 0.25) is 0 Å². The maximum Gasteiger partial charge on any atom is 0.251 e. The molecule has 1 aliphatic heterocycles. The summed E-state index contributed by atoms with van der Waals surface area (Å²) < 4.78 is 6.09. The molecule has 0 radical (unpaired) electrons. The smallest absolute Gasteiger partial charge is 0.251 e. The number of halogens is 1. The van der Waals surface area contributed by atoms with Crippen molar-refractivity contribution in [1.82, 2.24) is 5.32 Å². The summed E-state index contributed by atoms with van der Waals surface area (Å²) in [7, 11) is 1.63. The topological polar surface area (TPSA) is 50.4 Å². The Balaban J connectivity index is 1.61. The van der Waals surface area contributed by atoms with Crippen LogP contribution in [0, 0.1) is 5.92 Å². The maximum atomic E-state index is 12.4. The highest BCUT2D eigenvalue weighted by molar-refractivity contribution is 9.10. The molecule has 0 fully saturated rings. The zero-order valence-electron chi connectivity index (χ0n) is 15.2. The number of hydrogen-bond donors (Lipinski definition) is 2. The number of anilines is 1. The molecule has 1 aliphatic carbocycles. The van der Waals surface area contributed by atoms with Crippen molar-refractivity contribution in [3.63, 3.8) is 0 Å². The Labute approximate surface area is 168 Å². The molecule has 2 N–H and O–H groups in total. The van der Waals surface area contributed by atoms with Crippen molar-refractivity contribution in [2.24, 2.45) is 5.92 Å². The minimum absolute atomic E-state index is 0.0524. The van der Waals surface area contributed by atoms with Crippen LogP contribution in [0.3, 0.4) is 0 Å². The number of benzene rings is 2. The Morgan fingerprint density at radius 3 is 2.85 bits per heavy atom. The predicted octanol–water partition coefficient (Wildman–Crippen LogP) is 4.65. The van der Waals surface area contributed by atoms with Crippen molar-refractivity contribution in [3.05, 3.63) is 75.8 Å². The first kappa shape index (κ1) is 18.3. The van der Waals surface area contributed by atoms with Crippen LogP contribution in [-0.4, -0.2) is 26.2 Å². The Morgan fingerprint density at radius 1 is 1.26 bits per heavy atom. The molecule has 4 rings (SSSR count). The summed E-state index contributed by atoms with van der Waals surface area (Å²) in [4.78, 5) is 12.4. The number of nitrogens with one attached hydrogen (secondary N) is 2. The van der Waals surface area contributed by atoms with E-state index in [2.05, 4.69) is 63.0 Å². The molecular formula is C22H23BrN2O2. The number of ether oxygens (including phenoxy) is 1. The van der Waals surface area contributed by atoms with E-state index in [-0.39, 0.29) is 11.9 Å². The maximum absolute atomic E-state index is 12.4. The average molecular weight is 427 g/mol. The number of allylic oxidation sites excluding steroid dienone is 2. The largest absolute Gasteiger partial charge is 0.383 e. The van der Waals surface area contributed by atoms with Gasteiger partial charge in [-0.1, -0.05) is 40.2 Å². The van der Waals surface area contributed by atoms with Crippen LogP contribution in [0.4, 0.5) is 5.69 Å². The highest BCUT2D eigenvalue weighted by Gasteiger charge is 2.38. The molecule has 0 saturated heterocycles. The molecule has 2 aliphatic rings. The normalized spacial score (nSPS) is 22.7. The van der Waals surface area contributed by atoms with Crippen LogP contribution in [0.2, 0.25) is 0 Å². The molecule has 0 aromatic heterocycles. The summed E-state index contributed by atoms with van der Waals surface area (Å²) in [6.45, 7) is 1.03. The molecule has 27 heavy (non-hydrogen) atoms. The third kappa shape index (κ3) is 3.66. The van der Waals surface area contributed by atoms with Gasteiger partial charge in [0, 0.05) is 35.3 Å². The van der Waals surface area contributed by atoms with Gasteiger partial charge in [-0.15, -0.1) is 0 Å². The molecule has 0 saturated carbocycles. The van der Waals surface area contributed by atoms with Crippen molar-refractivity contribution < 1.29 is 9.53 Å². The molecule has 1 heterocycles. The quantitative estimate of drug-likeness (QED) is 0.540. The number of carbonyl (C=O) groups is 1. The lowest BCUT2D eigenvalue weighted by Gasteiger charge is -2.37. The molecule has 5 heteroatoms. The van der Waals surface area contributed by atoms with Gasteiger partial charge in [-0.3, -0.25) is 4.79 Å². The third-order valence-corrected chi connectivity index (χ3v) is 5.97. The molecule has 0 spiro atoms. The second-order valence-corrected chi connectivity index (χ2v) is 7.99. The monoisotopic (exact) mass is 426 g/mol. The van der Waals surface area contributed by atoms with Gasteiger partial charge >= 0.3 is 0 Å². The van der Waals surface area contributed by atoms with Gasteiger partial charge in [-0.2, -0.15) is 0 Å². The molecule has 0 bridgehead atoms. The van der Waals surface area contributed by atoms with E-state index in [4.69, 9.17) is 4.74 Å². The van der Waals surface area contributed by atoms with Crippen LogP contribution in [0.1, 0.15) is 39.9 Å². The van der Waals surface area contributed by atoms with Crippen molar-refractivity contribution >= 4 is 27.5 Å². The molecule has 0 unspecified atom stereocenters. The first-order chi connectivity index (χ1) is 13.2. The summed E-state index contributed by atoms with van der Waals surface area (Å²) in [5, 5.41) is 6.62. The van der Waals surface area contributed by atoms with Crippen LogP contribution >= 0.6 is 15.9 Å². The second-order valence-electron chi connectivity index (χ2n) is 7.08. The molecule has 2 aromatic rings. The molecule has 1 amide bonds. The lowest BCUT2D eigenvalue weighted by atomic mass is 9.76. The SMILES string of the molecule is COCCNC(=O)c1ccc2c(c1)[C@@H]1C=CC[C@H]1[C@H](c1ccc(Br)cc1)N2. The Bertz CT molecular complexity index is 863. The van der Waals surface area contributed by atoms with Gasteiger partial charge in [-0.25, -0.2) is 0 Å². The highest BCUT2D eigenvalue weighted by Crippen LogP contribution is 2.49. The number of hydrogen-bond acceptors (Lipinski definition) is 3. The van der Waals surface area contributed by atoms with Gasteiger partial charge in [-0.05, 0) is 53.8 Å². The van der Waals surface area contributed by atoms with E-state index in [1.807, 2.05) is 18.2 Å². The van der Waals surface area contributed by atoms with Crippen molar-refractivity contribution in [1.29, 1.82) is 0 Å². The van der Waals surface area contributed by atoms with Crippen LogP contribution in [0.5, 0.6) is 0 Å². The summed E-state index contributed by atoms with van der Waals surface area (Å²) in [6.07, 6.45) is 5.61. The van der Waals surface area contributed by atoms with Crippen LogP contribution in [-0.2, 0) is 4.74 Å². The number of rotatable bonds is 5. The third-order valence-electron chi connectivity index (χ3n) is 5.45. The molecule has 3 atom stereocenters. The fourth-order valence-electron chi connectivity index (χ4n) is 4.10. The number of amides is 1. The van der Waals surface area contributed by atoms with E-state index in [9.17, 15) is 4.79 Å². The minimum Gasteiger partial charge on any atom is -0.383 e. The van der Waals surface area contributed by atoms with Gasteiger partial charge in [0.05, 0.1) is 12.6 Å². The van der Waals surface area contributed by atoms with E-state index in [0.717, 1.165) is 16.6 Å². The van der Waals surface area contributed by atoms with Gasteiger partial charge in [0.15, 0.2) is 0 Å². The van der Waals surface area contributed by atoms with E-state index in [1.54, 1.807) is 7.11 Å². The highest BCUT2D eigenvalue weighted by atomic mass is 79.9. The second kappa shape index (κ2) is 7.87. The van der Waals surface area contributed by atoms with Crippen molar-refractivity contribution in [3.8, 4) is 0 Å². The molecule has 2 aromatic carbocycles. The van der Waals surface area contributed by atoms with E-state index in [1.165, 1.54) is 11.1 Å². The summed E-state index contributed by atoms with van der Waals surface area (Å²) >= 11 is 3.52. The Hall–Kier alpha value is -2.11. The van der Waals surface area contributed by atoms with E-state index < -0.39 is 0 Å². The summed E-state index contributed by atoms with van der Waals surface area (Å²) in [6, 6.07) is 14.8. The first-order valence-electron chi connectivity index (χ1n) is 9.27. The predicted molar refractivity (Wildman–Crippen MR) is 111 cm³/mol. The van der Waals surface area contributed by atoms with Gasteiger partial charge in [0.25, 0.3) is 5.91 Å². The van der Waals surface area contributed by atoms with Gasteiger partial charge in [0.1, 0.15) is 0 Å². The zero-order valence-corrected chi connectivity index (χ0v) is 16.8. The fraction of sp³-hybridized carbons (Fsp3) is 0.318.